The summed E-state index contributed by atoms with van der Waals surface area (Å²) in [6, 6.07) is 10.6. The zero-order valence-corrected chi connectivity index (χ0v) is 23.1. The molecular weight excluding hydrogens is 531 g/mol. The standard InChI is InChI=1S/C32H29FN8O/c1-18-9-20(12-22(33)10-18)24-7-8-35-31-29(24)38-32(39-31)30-25-14-26(36-17-27(25)40-41-30)21-13-23(16-34-15-21)37-28(42)11-19-5-3-2-4-6-19/h7-10,12-17,19H,2-6,11H2,1H3,(H,37,42)(H,40,41)(H,35,38,39). The predicted molar refractivity (Wildman–Crippen MR) is 160 cm³/mol. The first-order valence-corrected chi connectivity index (χ1v) is 14.2. The fourth-order valence-electron chi connectivity index (χ4n) is 5.92. The molecule has 5 aromatic heterocycles. The maximum absolute atomic E-state index is 14.2. The van der Waals surface area contributed by atoms with Crippen LogP contribution in [0.1, 0.15) is 44.1 Å². The van der Waals surface area contributed by atoms with Gasteiger partial charge in [0, 0.05) is 35.3 Å². The number of pyridine rings is 3. The first-order chi connectivity index (χ1) is 20.5. The Balaban J connectivity index is 1.20. The van der Waals surface area contributed by atoms with Gasteiger partial charge in [-0.05, 0) is 67.1 Å². The molecule has 1 aromatic carbocycles. The fraction of sp³-hybridized carbons (Fsp3) is 0.250. The van der Waals surface area contributed by atoms with Crippen molar-refractivity contribution in [1.82, 2.24) is 35.1 Å². The normalized spacial score (nSPS) is 14.0. The largest absolute Gasteiger partial charge is 0.335 e. The third kappa shape index (κ3) is 5.11. The van der Waals surface area contributed by atoms with Gasteiger partial charge in [-0.1, -0.05) is 25.3 Å². The second-order valence-corrected chi connectivity index (χ2v) is 11.1. The van der Waals surface area contributed by atoms with E-state index in [1.807, 2.05) is 31.2 Å². The maximum atomic E-state index is 14.2. The molecule has 3 N–H and O–H groups in total. The highest BCUT2D eigenvalue weighted by Crippen LogP contribution is 2.33. The smallest absolute Gasteiger partial charge is 0.224 e. The summed E-state index contributed by atoms with van der Waals surface area (Å²) in [5, 5.41) is 11.4. The number of amides is 1. The van der Waals surface area contributed by atoms with Gasteiger partial charge < -0.3 is 10.3 Å². The number of anilines is 1. The SMILES string of the molecule is Cc1cc(F)cc(-c2ccnc3nc(-c4n[nH]c5cnc(-c6cncc(NC(=O)CC7CCCCC7)c6)cc45)[nH]c23)c1. The lowest BCUT2D eigenvalue weighted by molar-refractivity contribution is -0.117. The van der Waals surface area contributed by atoms with E-state index in [0.29, 0.717) is 46.4 Å². The minimum absolute atomic E-state index is 0.0210. The number of rotatable bonds is 6. The summed E-state index contributed by atoms with van der Waals surface area (Å²) in [5.74, 6) is 0.715. The van der Waals surface area contributed by atoms with Crippen molar-refractivity contribution < 1.29 is 9.18 Å². The van der Waals surface area contributed by atoms with Crippen LogP contribution in [0.4, 0.5) is 10.1 Å². The fourth-order valence-corrected chi connectivity index (χ4v) is 5.92. The molecule has 0 radical (unpaired) electrons. The zero-order valence-electron chi connectivity index (χ0n) is 23.1. The number of halogens is 1. The number of carbonyl (C=O) groups is 1. The molecule has 6 aromatic rings. The average molecular weight is 561 g/mol. The number of fused-ring (bicyclic) bond motifs is 2. The molecule has 0 atom stereocenters. The molecule has 0 spiro atoms. The van der Waals surface area contributed by atoms with Crippen LogP contribution >= 0.6 is 0 Å². The van der Waals surface area contributed by atoms with Crippen LogP contribution in [0.3, 0.4) is 0 Å². The molecule has 42 heavy (non-hydrogen) atoms. The Morgan fingerprint density at radius 2 is 1.90 bits per heavy atom. The minimum Gasteiger partial charge on any atom is -0.335 e. The molecule has 1 aliphatic rings. The monoisotopic (exact) mass is 560 g/mol. The highest BCUT2D eigenvalue weighted by Gasteiger charge is 2.19. The van der Waals surface area contributed by atoms with E-state index < -0.39 is 0 Å². The van der Waals surface area contributed by atoms with Crippen LogP contribution in [-0.4, -0.2) is 41.0 Å². The van der Waals surface area contributed by atoms with Gasteiger partial charge in [0.15, 0.2) is 11.5 Å². The van der Waals surface area contributed by atoms with Crippen molar-refractivity contribution in [2.45, 2.75) is 45.4 Å². The third-order valence-corrected chi connectivity index (χ3v) is 7.93. The van der Waals surface area contributed by atoms with E-state index >= 15 is 0 Å². The number of H-pyrrole nitrogens is 2. The van der Waals surface area contributed by atoms with Gasteiger partial charge in [-0.3, -0.25) is 19.9 Å². The van der Waals surface area contributed by atoms with Crippen molar-refractivity contribution >= 4 is 33.7 Å². The molecule has 5 heterocycles. The quantitative estimate of drug-likeness (QED) is 0.202. The van der Waals surface area contributed by atoms with Crippen molar-refractivity contribution in [3.05, 3.63) is 72.6 Å². The van der Waals surface area contributed by atoms with E-state index in [0.717, 1.165) is 46.0 Å². The molecule has 210 valence electrons. The zero-order chi connectivity index (χ0) is 28.6. The van der Waals surface area contributed by atoms with Crippen molar-refractivity contribution in [3.8, 4) is 33.9 Å². The molecule has 7 rings (SSSR count). The number of aryl methyl sites for hydroxylation is 1. The van der Waals surface area contributed by atoms with Gasteiger partial charge in [0.1, 0.15) is 11.5 Å². The van der Waals surface area contributed by atoms with Gasteiger partial charge in [-0.25, -0.2) is 14.4 Å². The molecule has 0 saturated heterocycles. The Morgan fingerprint density at radius 1 is 1.02 bits per heavy atom. The maximum Gasteiger partial charge on any atom is 0.224 e. The number of carbonyl (C=O) groups excluding carboxylic acids is 1. The molecular formula is C32H29FN8O. The summed E-state index contributed by atoms with van der Waals surface area (Å²) in [6.07, 6.45) is 13.2. The molecule has 0 aliphatic heterocycles. The lowest BCUT2D eigenvalue weighted by atomic mass is 9.87. The number of aromatic nitrogens is 7. The second-order valence-electron chi connectivity index (χ2n) is 11.1. The van der Waals surface area contributed by atoms with Crippen LogP contribution < -0.4 is 5.32 Å². The van der Waals surface area contributed by atoms with Crippen molar-refractivity contribution in [2.24, 2.45) is 5.92 Å². The topological polar surface area (TPSA) is 125 Å². The second kappa shape index (κ2) is 10.8. The Hall–Kier alpha value is -4.99. The van der Waals surface area contributed by atoms with Crippen LogP contribution in [-0.2, 0) is 4.79 Å². The molecule has 0 bridgehead atoms. The van der Waals surface area contributed by atoms with E-state index in [2.05, 4.69) is 35.5 Å². The lowest BCUT2D eigenvalue weighted by Crippen LogP contribution is -2.18. The van der Waals surface area contributed by atoms with E-state index in [9.17, 15) is 9.18 Å². The van der Waals surface area contributed by atoms with Crippen molar-refractivity contribution in [2.75, 3.05) is 5.32 Å². The van der Waals surface area contributed by atoms with Gasteiger partial charge in [0.2, 0.25) is 5.91 Å². The number of imidazole rings is 1. The van der Waals surface area contributed by atoms with E-state index in [1.165, 1.54) is 31.4 Å². The van der Waals surface area contributed by atoms with Crippen LogP contribution in [0.25, 0.3) is 56.0 Å². The van der Waals surface area contributed by atoms with Gasteiger partial charge in [-0.2, -0.15) is 5.10 Å². The molecule has 9 nitrogen and oxygen atoms in total. The minimum atomic E-state index is -0.296. The van der Waals surface area contributed by atoms with Crippen LogP contribution in [0.2, 0.25) is 0 Å². The molecule has 10 heteroatoms. The van der Waals surface area contributed by atoms with Gasteiger partial charge in [-0.15, -0.1) is 0 Å². The van der Waals surface area contributed by atoms with E-state index in [4.69, 9.17) is 4.98 Å². The highest BCUT2D eigenvalue weighted by molar-refractivity contribution is 5.97. The van der Waals surface area contributed by atoms with Gasteiger partial charge in [0.25, 0.3) is 0 Å². The summed E-state index contributed by atoms with van der Waals surface area (Å²) < 4.78 is 14.2. The molecule has 1 saturated carbocycles. The van der Waals surface area contributed by atoms with E-state index in [-0.39, 0.29) is 11.7 Å². The Kier molecular flexibility index (Phi) is 6.65. The Morgan fingerprint density at radius 3 is 2.76 bits per heavy atom. The van der Waals surface area contributed by atoms with Gasteiger partial charge >= 0.3 is 0 Å². The third-order valence-electron chi connectivity index (χ3n) is 7.93. The Labute approximate surface area is 241 Å². The first kappa shape index (κ1) is 25.9. The number of hydrogen-bond donors (Lipinski definition) is 3. The van der Waals surface area contributed by atoms with Crippen molar-refractivity contribution in [3.63, 3.8) is 0 Å². The molecule has 0 unspecified atom stereocenters. The van der Waals surface area contributed by atoms with Gasteiger partial charge in [0.05, 0.1) is 34.8 Å². The summed E-state index contributed by atoms with van der Waals surface area (Å²) in [4.78, 5) is 34.2. The number of aromatic amines is 2. The summed E-state index contributed by atoms with van der Waals surface area (Å²) in [5.41, 5.74) is 7.04. The number of nitrogens with one attached hydrogen (secondary N) is 3. The summed E-state index contributed by atoms with van der Waals surface area (Å²) in [7, 11) is 0. The molecule has 1 aliphatic carbocycles. The number of benzene rings is 1. The first-order valence-electron chi connectivity index (χ1n) is 14.2. The lowest BCUT2D eigenvalue weighted by Gasteiger charge is -2.20. The summed E-state index contributed by atoms with van der Waals surface area (Å²) >= 11 is 0. The Bertz CT molecular complexity index is 1920. The average Bonchev–Trinajstić information content (AvgIpc) is 3.61. The van der Waals surface area contributed by atoms with Crippen LogP contribution in [0.5, 0.6) is 0 Å². The van der Waals surface area contributed by atoms with E-state index in [1.54, 1.807) is 24.8 Å². The summed E-state index contributed by atoms with van der Waals surface area (Å²) in [6.45, 7) is 1.86. The molecule has 1 fully saturated rings. The van der Waals surface area contributed by atoms with Crippen LogP contribution in [0, 0.1) is 18.7 Å². The predicted octanol–water partition coefficient (Wildman–Crippen LogP) is 6.98. The highest BCUT2D eigenvalue weighted by atomic mass is 19.1. The van der Waals surface area contributed by atoms with Crippen LogP contribution in [0.15, 0.2) is 61.2 Å². The molecule has 1 amide bonds. The number of hydrogen-bond acceptors (Lipinski definition) is 6. The number of nitrogens with zero attached hydrogens (tertiary/aromatic N) is 5. The van der Waals surface area contributed by atoms with Crippen molar-refractivity contribution in [1.29, 1.82) is 0 Å².